The molecule has 3 nitrogen and oxygen atoms in total. The van der Waals surface area contributed by atoms with Crippen LogP contribution in [-0.4, -0.2) is 11.9 Å². The van der Waals surface area contributed by atoms with E-state index >= 15 is 0 Å². The number of hydrogen-bond donors (Lipinski definition) is 1. The van der Waals surface area contributed by atoms with Crippen molar-refractivity contribution in [3.05, 3.63) is 51.2 Å². The molecule has 0 aliphatic rings. The number of nitrogens with one attached hydrogen (secondary N) is 1. The molecule has 1 amide bonds. The molecule has 0 atom stereocenters. The van der Waals surface area contributed by atoms with E-state index in [2.05, 4.69) is 25.2 Å². The Morgan fingerprint density at radius 2 is 2.10 bits per heavy atom. The number of aryl methyl sites for hydroxylation is 1. The van der Waals surface area contributed by atoms with Crippen molar-refractivity contribution in [2.45, 2.75) is 40.3 Å². The molecule has 2 rings (SSSR count). The average Bonchev–Trinajstić information content (AvgIpc) is 2.89. The van der Waals surface area contributed by atoms with Crippen molar-refractivity contribution in [3.63, 3.8) is 0 Å². The van der Waals surface area contributed by atoms with Gasteiger partial charge < -0.3 is 10.1 Å². The highest BCUT2D eigenvalue weighted by molar-refractivity contribution is 7.12. The summed E-state index contributed by atoms with van der Waals surface area (Å²) in [5.74, 6) is 0.877. The van der Waals surface area contributed by atoms with Crippen molar-refractivity contribution in [2.75, 3.05) is 0 Å². The second-order valence-corrected chi connectivity index (χ2v) is 6.35. The van der Waals surface area contributed by atoms with E-state index in [1.165, 1.54) is 16.9 Å². The highest BCUT2D eigenvalue weighted by atomic mass is 32.1. The third-order valence-corrected chi connectivity index (χ3v) is 4.22. The lowest BCUT2D eigenvalue weighted by Crippen LogP contribution is -2.29. The normalized spacial score (nSPS) is 10.7. The van der Waals surface area contributed by atoms with Crippen LogP contribution in [0.5, 0.6) is 5.75 Å². The van der Waals surface area contributed by atoms with Crippen LogP contribution >= 0.6 is 11.3 Å². The molecule has 4 heteroatoms. The van der Waals surface area contributed by atoms with Gasteiger partial charge in [0.1, 0.15) is 12.4 Å². The lowest BCUT2D eigenvalue weighted by Gasteiger charge is -2.10. The van der Waals surface area contributed by atoms with Gasteiger partial charge in [-0.2, -0.15) is 0 Å². The minimum absolute atomic E-state index is 0.0204. The lowest BCUT2D eigenvalue weighted by atomic mass is 10.1. The zero-order chi connectivity index (χ0) is 15.4. The fourth-order valence-corrected chi connectivity index (χ4v) is 2.75. The van der Waals surface area contributed by atoms with E-state index in [0.29, 0.717) is 6.61 Å². The summed E-state index contributed by atoms with van der Waals surface area (Å²) in [6, 6.07) is 8.08. The van der Waals surface area contributed by atoms with Gasteiger partial charge in [-0.1, -0.05) is 12.1 Å². The summed E-state index contributed by atoms with van der Waals surface area (Å²) in [6.07, 6.45) is 0. The molecule has 2 aromatic rings. The molecule has 112 valence electrons. The molecule has 0 aliphatic heterocycles. The predicted octanol–water partition coefficient (Wildman–Crippen LogP) is 4.08. The molecule has 0 unspecified atom stereocenters. The van der Waals surface area contributed by atoms with E-state index in [9.17, 15) is 4.79 Å². The number of benzene rings is 1. The molecule has 1 aromatic carbocycles. The zero-order valence-electron chi connectivity index (χ0n) is 12.9. The summed E-state index contributed by atoms with van der Waals surface area (Å²) in [6.45, 7) is 8.52. The Labute approximate surface area is 130 Å². The Balaban J connectivity index is 2.00. The van der Waals surface area contributed by atoms with Crippen molar-refractivity contribution in [2.24, 2.45) is 0 Å². The van der Waals surface area contributed by atoms with Crippen LogP contribution in [-0.2, 0) is 6.61 Å². The Morgan fingerprint density at radius 1 is 1.33 bits per heavy atom. The molecular formula is C17H21NO2S. The second-order valence-electron chi connectivity index (χ2n) is 5.43. The number of amides is 1. The molecular weight excluding hydrogens is 282 g/mol. The highest BCUT2D eigenvalue weighted by Crippen LogP contribution is 2.23. The van der Waals surface area contributed by atoms with Gasteiger partial charge in [0, 0.05) is 11.6 Å². The Morgan fingerprint density at radius 3 is 2.81 bits per heavy atom. The first-order valence-electron chi connectivity index (χ1n) is 7.04. The van der Waals surface area contributed by atoms with Gasteiger partial charge in [0.2, 0.25) is 0 Å². The SMILES string of the molecule is Cc1cccc(OCc2csc(C(=O)NC(C)C)c2)c1C. The molecule has 1 heterocycles. The van der Waals surface area contributed by atoms with Crippen LogP contribution < -0.4 is 10.1 Å². The largest absolute Gasteiger partial charge is 0.489 e. The first-order chi connectivity index (χ1) is 9.97. The Kier molecular flexibility index (Phi) is 5.02. The van der Waals surface area contributed by atoms with Crippen molar-refractivity contribution in [3.8, 4) is 5.75 Å². The number of carbonyl (C=O) groups excluding carboxylic acids is 1. The smallest absolute Gasteiger partial charge is 0.261 e. The highest BCUT2D eigenvalue weighted by Gasteiger charge is 2.10. The van der Waals surface area contributed by atoms with Gasteiger partial charge in [0.25, 0.3) is 5.91 Å². The van der Waals surface area contributed by atoms with E-state index in [-0.39, 0.29) is 11.9 Å². The van der Waals surface area contributed by atoms with Gasteiger partial charge in [0.15, 0.2) is 0 Å². The van der Waals surface area contributed by atoms with Crippen molar-refractivity contribution in [1.82, 2.24) is 5.32 Å². The maximum Gasteiger partial charge on any atom is 0.261 e. The summed E-state index contributed by atoms with van der Waals surface area (Å²) in [5.41, 5.74) is 3.40. The maximum atomic E-state index is 11.9. The molecule has 0 saturated heterocycles. The van der Waals surface area contributed by atoms with Gasteiger partial charge in [0.05, 0.1) is 4.88 Å². The van der Waals surface area contributed by atoms with E-state index in [1.54, 1.807) is 0 Å². The van der Waals surface area contributed by atoms with Gasteiger partial charge in [-0.3, -0.25) is 4.79 Å². The fourth-order valence-electron chi connectivity index (χ4n) is 1.95. The van der Waals surface area contributed by atoms with Crippen molar-refractivity contribution < 1.29 is 9.53 Å². The number of carbonyl (C=O) groups is 1. The van der Waals surface area contributed by atoms with Gasteiger partial charge in [-0.05, 0) is 56.3 Å². The van der Waals surface area contributed by atoms with Crippen LogP contribution in [0.2, 0.25) is 0 Å². The first-order valence-corrected chi connectivity index (χ1v) is 7.92. The molecule has 0 spiro atoms. The van der Waals surface area contributed by atoms with E-state index in [1.807, 2.05) is 37.4 Å². The van der Waals surface area contributed by atoms with Crippen molar-refractivity contribution in [1.29, 1.82) is 0 Å². The summed E-state index contributed by atoms with van der Waals surface area (Å²) in [7, 11) is 0. The number of hydrogen-bond acceptors (Lipinski definition) is 3. The quantitative estimate of drug-likeness (QED) is 0.903. The van der Waals surface area contributed by atoms with Crippen molar-refractivity contribution >= 4 is 17.2 Å². The second kappa shape index (κ2) is 6.76. The molecule has 1 N–H and O–H groups in total. The molecule has 0 fully saturated rings. The number of thiophene rings is 1. The molecule has 0 radical (unpaired) electrons. The number of rotatable bonds is 5. The van der Waals surface area contributed by atoms with E-state index < -0.39 is 0 Å². The van der Waals surface area contributed by atoms with Crippen LogP contribution in [0.4, 0.5) is 0 Å². The van der Waals surface area contributed by atoms with E-state index in [0.717, 1.165) is 21.8 Å². The predicted molar refractivity (Wildman–Crippen MR) is 87.2 cm³/mol. The standard InChI is InChI=1S/C17H21NO2S/c1-11(2)18-17(19)16-8-14(10-21-16)9-20-15-7-5-6-12(3)13(15)4/h5-8,10-11H,9H2,1-4H3,(H,18,19). The maximum absolute atomic E-state index is 11.9. The monoisotopic (exact) mass is 303 g/mol. The summed E-state index contributed by atoms with van der Waals surface area (Å²) >= 11 is 1.45. The van der Waals surface area contributed by atoms with Crippen LogP contribution in [0, 0.1) is 13.8 Å². The zero-order valence-corrected chi connectivity index (χ0v) is 13.7. The van der Waals surface area contributed by atoms with Crippen LogP contribution in [0.15, 0.2) is 29.6 Å². The molecule has 0 saturated carbocycles. The third-order valence-electron chi connectivity index (χ3n) is 3.25. The molecule has 0 bridgehead atoms. The van der Waals surface area contributed by atoms with Gasteiger partial charge >= 0.3 is 0 Å². The van der Waals surface area contributed by atoms with Gasteiger partial charge in [-0.25, -0.2) is 0 Å². The molecule has 21 heavy (non-hydrogen) atoms. The molecule has 1 aromatic heterocycles. The van der Waals surface area contributed by atoms with Crippen LogP contribution in [0.3, 0.4) is 0 Å². The Hall–Kier alpha value is -1.81. The average molecular weight is 303 g/mol. The summed E-state index contributed by atoms with van der Waals surface area (Å²) in [5, 5.41) is 4.87. The number of ether oxygens (including phenoxy) is 1. The Bertz CT molecular complexity index is 631. The lowest BCUT2D eigenvalue weighted by molar-refractivity contribution is 0.0947. The van der Waals surface area contributed by atoms with Crippen LogP contribution in [0.1, 0.15) is 40.2 Å². The first kappa shape index (κ1) is 15.6. The van der Waals surface area contributed by atoms with E-state index in [4.69, 9.17) is 4.74 Å². The minimum atomic E-state index is -0.0204. The third kappa shape index (κ3) is 4.08. The van der Waals surface area contributed by atoms with Gasteiger partial charge in [-0.15, -0.1) is 11.3 Å². The van der Waals surface area contributed by atoms with Crippen LogP contribution in [0.25, 0.3) is 0 Å². The topological polar surface area (TPSA) is 38.3 Å². The summed E-state index contributed by atoms with van der Waals surface area (Å²) < 4.78 is 5.85. The fraction of sp³-hybridized carbons (Fsp3) is 0.353. The minimum Gasteiger partial charge on any atom is -0.489 e. The summed E-state index contributed by atoms with van der Waals surface area (Å²) in [4.78, 5) is 12.6. The molecule has 0 aliphatic carbocycles.